The molecule has 122 valence electrons. The minimum atomic E-state index is 0.466. The summed E-state index contributed by atoms with van der Waals surface area (Å²) in [6.45, 7) is 5.72. The van der Waals surface area contributed by atoms with E-state index in [1.165, 1.54) is 11.1 Å². The van der Waals surface area contributed by atoms with Crippen molar-refractivity contribution in [1.29, 1.82) is 0 Å². The molecule has 4 rings (SSSR count). The molecular weight excluding hydrogens is 308 g/mol. The van der Waals surface area contributed by atoms with Crippen molar-refractivity contribution >= 4 is 46.2 Å². The molecule has 0 unspecified atom stereocenters. The van der Waals surface area contributed by atoms with E-state index >= 15 is 0 Å². The zero-order chi connectivity index (χ0) is 17.2. The normalized spacial score (nSPS) is 11.6. The quantitative estimate of drug-likeness (QED) is 0.413. The van der Waals surface area contributed by atoms with Gasteiger partial charge in [-0.15, -0.1) is 0 Å². The van der Waals surface area contributed by atoms with Crippen LogP contribution in [0.5, 0.6) is 0 Å². The van der Waals surface area contributed by atoms with Crippen LogP contribution < -0.4 is 0 Å². The molecule has 3 aromatic carbocycles. The van der Waals surface area contributed by atoms with Crippen LogP contribution in [-0.2, 0) is 6.42 Å². The molecule has 1 aromatic heterocycles. The molecule has 25 heavy (non-hydrogen) atoms. The topological polar surface area (TPSA) is 37.9 Å². The van der Waals surface area contributed by atoms with Crippen molar-refractivity contribution in [3.8, 4) is 0 Å². The monoisotopic (exact) mass is 326 g/mol. The number of fused-ring (bicyclic) bond motifs is 3. The molecule has 0 N–H and O–H groups in total. The number of aryl methyl sites for hydroxylation is 1. The van der Waals surface area contributed by atoms with E-state index < -0.39 is 0 Å². The molecule has 3 heteroatoms. The first-order valence-electron chi connectivity index (χ1n) is 8.25. The Labute approximate surface area is 146 Å². The van der Waals surface area contributed by atoms with Crippen LogP contribution in [0.25, 0.3) is 21.7 Å². The second kappa shape index (κ2) is 6.36. The van der Waals surface area contributed by atoms with Crippen LogP contribution in [0.3, 0.4) is 0 Å². The molecule has 0 bridgehead atoms. The largest absolute Gasteiger partial charge is 0.436 e. The number of benzene rings is 3. The highest BCUT2D eigenvalue weighted by Crippen LogP contribution is 2.42. The van der Waals surface area contributed by atoms with Gasteiger partial charge in [-0.2, -0.15) is 0 Å². The van der Waals surface area contributed by atoms with Crippen LogP contribution in [0.4, 0.5) is 11.6 Å². The standard InChI is InChI=1S/C22H18N2O/c1-15-8-9-17-10-11-19-20(18(17)14-15)21(22(23-2)25-19)24-13-12-16-6-4-3-5-7-16/h3-11,13-14H,2,12H2,1H3. The maximum atomic E-state index is 5.86. The van der Waals surface area contributed by atoms with Gasteiger partial charge in [0.05, 0.1) is 5.39 Å². The van der Waals surface area contributed by atoms with Crippen molar-refractivity contribution in [2.75, 3.05) is 0 Å². The predicted octanol–water partition coefficient (Wildman–Crippen LogP) is 6.17. The summed E-state index contributed by atoms with van der Waals surface area (Å²) in [4.78, 5) is 8.72. The smallest absolute Gasteiger partial charge is 0.245 e. The fourth-order valence-corrected chi connectivity index (χ4v) is 3.09. The lowest BCUT2D eigenvalue weighted by Crippen LogP contribution is -1.84. The van der Waals surface area contributed by atoms with E-state index in [1.807, 2.05) is 30.5 Å². The Balaban J connectivity index is 1.86. The summed E-state index contributed by atoms with van der Waals surface area (Å²) >= 11 is 0. The highest BCUT2D eigenvalue weighted by atomic mass is 16.3. The first-order valence-corrected chi connectivity index (χ1v) is 8.25. The highest BCUT2D eigenvalue weighted by Gasteiger charge is 2.15. The second-order valence-corrected chi connectivity index (χ2v) is 6.08. The minimum Gasteiger partial charge on any atom is -0.436 e. The van der Waals surface area contributed by atoms with Gasteiger partial charge in [0.1, 0.15) is 11.3 Å². The summed E-state index contributed by atoms with van der Waals surface area (Å²) in [6, 6.07) is 20.7. The van der Waals surface area contributed by atoms with E-state index in [0.717, 1.165) is 33.8 Å². The van der Waals surface area contributed by atoms with Crippen molar-refractivity contribution in [1.82, 2.24) is 0 Å². The molecule has 0 aliphatic carbocycles. The summed E-state index contributed by atoms with van der Waals surface area (Å²) in [7, 11) is 0. The van der Waals surface area contributed by atoms with Crippen molar-refractivity contribution in [3.63, 3.8) is 0 Å². The van der Waals surface area contributed by atoms with Gasteiger partial charge in [-0.25, -0.2) is 4.99 Å². The lowest BCUT2D eigenvalue weighted by Gasteiger charge is -2.01. The summed E-state index contributed by atoms with van der Waals surface area (Å²) in [5.74, 6) is 0.466. The number of nitrogens with zero attached hydrogens (tertiary/aromatic N) is 2. The third-order valence-electron chi connectivity index (χ3n) is 4.32. The molecule has 3 nitrogen and oxygen atoms in total. The fourth-order valence-electron chi connectivity index (χ4n) is 3.09. The van der Waals surface area contributed by atoms with Gasteiger partial charge in [-0.1, -0.05) is 60.2 Å². The summed E-state index contributed by atoms with van der Waals surface area (Å²) in [6.07, 6.45) is 2.66. The number of hydrogen-bond acceptors (Lipinski definition) is 3. The summed E-state index contributed by atoms with van der Waals surface area (Å²) < 4.78 is 5.86. The van der Waals surface area contributed by atoms with Gasteiger partial charge >= 0.3 is 0 Å². The summed E-state index contributed by atoms with van der Waals surface area (Å²) in [5, 5.41) is 3.28. The van der Waals surface area contributed by atoms with Crippen molar-refractivity contribution < 1.29 is 4.42 Å². The minimum absolute atomic E-state index is 0.466. The van der Waals surface area contributed by atoms with E-state index in [4.69, 9.17) is 4.42 Å². The first kappa shape index (κ1) is 15.3. The van der Waals surface area contributed by atoms with Gasteiger partial charge in [0.2, 0.25) is 5.88 Å². The van der Waals surface area contributed by atoms with Crippen molar-refractivity contribution in [3.05, 3.63) is 71.8 Å². The van der Waals surface area contributed by atoms with Crippen molar-refractivity contribution in [2.24, 2.45) is 9.98 Å². The number of rotatable bonds is 4. The lowest BCUT2D eigenvalue weighted by atomic mass is 10.0. The van der Waals surface area contributed by atoms with E-state index in [2.05, 4.69) is 60.0 Å². The van der Waals surface area contributed by atoms with Crippen molar-refractivity contribution in [2.45, 2.75) is 13.3 Å². The molecule has 0 saturated heterocycles. The molecular formula is C22H18N2O. The van der Waals surface area contributed by atoms with Gasteiger partial charge in [0.15, 0.2) is 0 Å². The van der Waals surface area contributed by atoms with E-state index in [9.17, 15) is 0 Å². The molecule has 0 aliphatic rings. The van der Waals surface area contributed by atoms with E-state index in [0.29, 0.717) is 5.88 Å². The average molecular weight is 326 g/mol. The van der Waals surface area contributed by atoms with Gasteiger partial charge in [-0.3, -0.25) is 4.99 Å². The van der Waals surface area contributed by atoms with Gasteiger partial charge in [0.25, 0.3) is 0 Å². The average Bonchev–Trinajstić information content (AvgIpc) is 3.01. The molecule has 0 atom stereocenters. The fraction of sp³-hybridized carbons (Fsp3) is 0.0909. The highest BCUT2D eigenvalue weighted by molar-refractivity contribution is 6.14. The zero-order valence-corrected chi connectivity index (χ0v) is 14.1. The van der Waals surface area contributed by atoms with E-state index in [-0.39, 0.29) is 0 Å². The van der Waals surface area contributed by atoms with Gasteiger partial charge in [-0.05, 0) is 36.0 Å². The molecule has 0 amide bonds. The predicted molar refractivity (Wildman–Crippen MR) is 106 cm³/mol. The SMILES string of the molecule is C=Nc1oc2ccc3ccc(C)cc3c2c1N=CCc1ccccc1. The van der Waals surface area contributed by atoms with Crippen LogP contribution in [0.2, 0.25) is 0 Å². The van der Waals surface area contributed by atoms with Gasteiger partial charge < -0.3 is 4.42 Å². The van der Waals surface area contributed by atoms with Crippen LogP contribution >= 0.6 is 0 Å². The molecule has 0 spiro atoms. The van der Waals surface area contributed by atoms with E-state index in [1.54, 1.807) is 0 Å². The molecule has 4 aromatic rings. The number of furan rings is 1. The Morgan fingerprint density at radius 2 is 1.84 bits per heavy atom. The Morgan fingerprint density at radius 3 is 2.64 bits per heavy atom. The third-order valence-corrected chi connectivity index (χ3v) is 4.32. The Hall–Kier alpha value is -3.20. The van der Waals surface area contributed by atoms with Crippen LogP contribution in [0.15, 0.2) is 75.1 Å². The maximum Gasteiger partial charge on any atom is 0.245 e. The zero-order valence-electron chi connectivity index (χ0n) is 14.1. The number of aliphatic imine (C=N–C) groups is 2. The van der Waals surface area contributed by atoms with Crippen LogP contribution in [0, 0.1) is 6.92 Å². The second-order valence-electron chi connectivity index (χ2n) is 6.08. The molecule has 0 fully saturated rings. The third kappa shape index (κ3) is 2.85. The Bertz CT molecular complexity index is 1090. The lowest BCUT2D eigenvalue weighted by molar-refractivity contribution is 0.627. The van der Waals surface area contributed by atoms with Gasteiger partial charge in [0, 0.05) is 12.6 Å². The summed E-state index contributed by atoms with van der Waals surface area (Å²) in [5.41, 5.74) is 3.95. The Morgan fingerprint density at radius 1 is 1.04 bits per heavy atom. The van der Waals surface area contributed by atoms with Crippen LogP contribution in [0.1, 0.15) is 11.1 Å². The Kier molecular flexibility index (Phi) is 3.90. The number of hydrogen-bond donors (Lipinski definition) is 0. The first-order chi connectivity index (χ1) is 12.3. The van der Waals surface area contributed by atoms with Crippen LogP contribution in [-0.4, -0.2) is 12.9 Å². The molecule has 0 aliphatic heterocycles. The molecule has 0 saturated carbocycles. The maximum absolute atomic E-state index is 5.86. The molecule has 0 radical (unpaired) electrons. The molecule has 1 heterocycles.